The first-order valence-electron chi connectivity index (χ1n) is 5.90. The van der Waals surface area contributed by atoms with E-state index in [1.54, 1.807) is 13.8 Å². The average molecular weight is 293 g/mol. The Bertz CT molecular complexity index is 609. The predicted octanol–water partition coefficient (Wildman–Crippen LogP) is 3.35. The number of ether oxygens (including phenoxy) is 1. The molecule has 104 valence electrons. The largest absolute Gasteiger partial charge is 0.481 e. The molecule has 5 nitrogen and oxygen atoms in total. The molecule has 0 saturated carbocycles. The zero-order chi connectivity index (χ0) is 14.5. The quantitative estimate of drug-likeness (QED) is 0.787. The van der Waals surface area contributed by atoms with Crippen LogP contribution in [0.3, 0.4) is 0 Å². The lowest BCUT2D eigenvalue weighted by Crippen LogP contribution is -2.03. The summed E-state index contributed by atoms with van der Waals surface area (Å²) in [6.45, 7) is 3.49. The summed E-state index contributed by atoms with van der Waals surface area (Å²) in [7, 11) is 0. The van der Waals surface area contributed by atoms with E-state index in [1.165, 1.54) is 36.0 Å². The minimum atomic E-state index is -0.459. The van der Waals surface area contributed by atoms with Gasteiger partial charge in [0.25, 0.3) is 11.1 Å². The van der Waals surface area contributed by atoms with E-state index in [0.717, 1.165) is 0 Å². The molecule has 0 amide bonds. The standard InChI is InChI=1S/C13H12FN3O2S/c1-8(7-15)20-13-17-16-12(19-13)9(2)18-11-5-3-10(14)4-6-11/h3-6,8-9H,1-2H3/t8-,9-/m1/s1. The third kappa shape index (κ3) is 3.71. The molecule has 0 saturated heterocycles. The normalized spacial score (nSPS) is 13.5. The van der Waals surface area contributed by atoms with Crippen molar-refractivity contribution in [1.82, 2.24) is 10.2 Å². The van der Waals surface area contributed by atoms with Gasteiger partial charge in [-0.2, -0.15) is 5.26 Å². The fourth-order valence-corrected chi connectivity index (χ4v) is 1.95. The number of hydrogen-bond acceptors (Lipinski definition) is 6. The Kier molecular flexibility index (Phi) is 4.58. The summed E-state index contributed by atoms with van der Waals surface area (Å²) >= 11 is 1.18. The molecule has 2 atom stereocenters. The molecule has 20 heavy (non-hydrogen) atoms. The van der Waals surface area contributed by atoms with Gasteiger partial charge in [0.1, 0.15) is 11.6 Å². The summed E-state index contributed by atoms with van der Waals surface area (Å²) in [5.41, 5.74) is 0. The molecule has 0 unspecified atom stereocenters. The number of aromatic nitrogens is 2. The topological polar surface area (TPSA) is 71.9 Å². The van der Waals surface area contributed by atoms with Crippen molar-refractivity contribution in [2.75, 3.05) is 0 Å². The Hall–Kier alpha value is -2.07. The van der Waals surface area contributed by atoms with Crippen LogP contribution in [0.2, 0.25) is 0 Å². The molecule has 0 aliphatic heterocycles. The number of hydrogen-bond donors (Lipinski definition) is 0. The highest BCUT2D eigenvalue weighted by Crippen LogP contribution is 2.25. The van der Waals surface area contributed by atoms with Crippen LogP contribution in [0.25, 0.3) is 0 Å². The van der Waals surface area contributed by atoms with Crippen molar-refractivity contribution < 1.29 is 13.5 Å². The van der Waals surface area contributed by atoms with Gasteiger partial charge in [-0.1, -0.05) is 0 Å². The number of thioether (sulfide) groups is 1. The van der Waals surface area contributed by atoms with Crippen LogP contribution in [-0.2, 0) is 0 Å². The Morgan fingerprint density at radius 1 is 1.30 bits per heavy atom. The highest BCUT2D eigenvalue weighted by Gasteiger charge is 2.17. The molecule has 0 N–H and O–H groups in total. The van der Waals surface area contributed by atoms with Crippen LogP contribution in [0.15, 0.2) is 33.9 Å². The van der Waals surface area contributed by atoms with Gasteiger partial charge in [0.2, 0.25) is 0 Å². The van der Waals surface area contributed by atoms with Crippen molar-refractivity contribution in [3.05, 3.63) is 36.0 Å². The molecule has 0 spiro atoms. The maximum absolute atomic E-state index is 12.8. The van der Waals surface area contributed by atoms with Crippen molar-refractivity contribution >= 4 is 11.8 Å². The van der Waals surface area contributed by atoms with Gasteiger partial charge in [0, 0.05) is 0 Å². The predicted molar refractivity (Wildman–Crippen MR) is 70.7 cm³/mol. The number of nitrogens with zero attached hydrogens (tertiary/aromatic N) is 3. The Morgan fingerprint density at radius 3 is 2.65 bits per heavy atom. The van der Waals surface area contributed by atoms with Crippen molar-refractivity contribution in [3.63, 3.8) is 0 Å². The molecule has 0 aliphatic carbocycles. The van der Waals surface area contributed by atoms with E-state index < -0.39 is 6.10 Å². The van der Waals surface area contributed by atoms with Gasteiger partial charge in [0.05, 0.1) is 11.3 Å². The summed E-state index contributed by atoms with van der Waals surface area (Å²) in [4.78, 5) is 0. The first kappa shape index (κ1) is 14.3. The van der Waals surface area contributed by atoms with Crippen molar-refractivity contribution in [2.24, 2.45) is 0 Å². The van der Waals surface area contributed by atoms with Crippen LogP contribution < -0.4 is 4.74 Å². The lowest BCUT2D eigenvalue weighted by molar-refractivity contribution is 0.181. The molecule has 0 radical (unpaired) electrons. The summed E-state index contributed by atoms with van der Waals surface area (Å²) in [6, 6.07) is 7.73. The van der Waals surface area contributed by atoms with Crippen LogP contribution in [0.5, 0.6) is 5.75 Å². The van der Waals surface area contributed by atoms with E-state index >= 15 is 0 Å². The molecule has 7 heteroatoms. The number of benzene rings is 1. The molecule has 0 fully saturated rings. The van der Waals surface area contributed by atoms with Gasteiger partial charge in [-0.05, 0) is 49.9 Å². The second-order valence-corrected chi connectivity index (χ2v) is 5.30. The van der Waals surface area contributed by atoms with Crippen molar-refractivity contribution in [1.29, 1.82) is 5.26 Å². The summed E-state index contributed by atoms with van der Waals surface area (Å²) in [5, 5.41) is 16.5. The SMILES string of the molecule is C[C@H](C#N)Sc1nnc([C@@H](C)Oc2ccc(F)cc2)o1. The fourth-order valence-electron chi connectivity index (χ4n) is 1.38. The number of halogens is 1. The van der Waals surface area contributed by atoms with E-state index in [0.29, 0.717) is 16.9 Å². The summed E-state index contributed by atoms with van der Waals surface area (Å²) in [6.07, 6.45) is -0.459. The van der Waals surface area contributed by atoms with Gasteiger partial charge in [0.15, 0.2) is 6.10 Å². The Morgan fingerprint density at radius 2 is 2.00 bits per heavy atom. The molecule has 1 aromatic carbocycles. The first-order valence-corrected chi connectivity index (χ1v) is 6.78. The van der Waals surface area contributed by atoms with E-state index in [1.807, 2.05) is 0 Å². The first-order chi connectivity index (χ1) is 9.58. The Labute approximate surface area is 119 Å². The van der Waals surface area contributed by atoms with Gasteiger partial charge < -0.3 is 9.15 Å². The number of nitriles is 1. The maximum Gasteiger partial charge on any atom is 0.278 e. The second kappa shape index (κ2) is 6.39. The summed E-state index contributed by atoms with van der Waals surface area (Å²) < 4.78 is 23.7. The van der Waals surface area contributed by atoms with Crippen LogP contribution in [-0.4, -0.2) is 15.4 Å². The number of rotatable bonds is 5. The molecular weight excluding hydrogens is 281 g/mol. The molecule has 1 aromatic heterocycles. The smallest absolute Gasteiger partial charge is 0.278 e. The van der Waals surface area contributed by atoms with E-state index in [-0.39, 0.29) is 11.1 Å². The average Bonchev–Trinajstić information content (AvgIpc) is 2.89. The molecule has 0 aliphatic rings. The van der Waals surface area contributed by atoms with Crippen LogP contribution in [0, 0.1) is 17.1 Å². The minimum Gasteiger partial charge on any atom is -0.481 e. The van der Waals surface area contributed by atoms with Gasteiger partial charge in [-0.15, -0.1) is 10.2 Å². The third-order valence-corrected chi connectivity index (χ3v) is 3.18. The second-order valence-electron chi connectivity index (χ2n) is 4.01. The monoisotopic (exact) mass is 293 g/mol. The van der Waals surface area contributed by atoms with Gasteiger partial charge in [-0.25, -0.2) is 4.39 Å². The molecular formula is C13H12FN3O2S. The summed E-state index contributed by atoms with van der Waals surface area (Å²) in [5.74, 6) is 0.491. The molecule has 1 heterocycles. The van der Waals surface area contributed by atoms with Crippen molar-refractivity contribution in [3.8, 4) is 11.8 Å². The molecule has 2 aromatic rings. The van der Waals surface area contributed by atoms with E-state index in [4.69, 9.17) is 14.4 Å². The van der Waals surface area contributed by atoms with Crippen LogP contribution in [0.4, 0.5) is 4.39 Å². The molecule has 0 bridgehead atoms. The highest BCUT2D eigenvalue weighted by atomic mass is 32.2. The Balaban J connectivity index is 2.01. The highest BCUT2D eigenvalue weighted by molar-refractivity contribution is 7.99. The fraction of sp³-hybridized carbons (Fsp3) is 0.308. The van der Waals surface area contributed by atoms with E-state index in [9.17, 15) is 4.39 Å². The van der Waals surface area contributed by atoms with Gasteiger partial charge >= 0.3 is 0 Å². The zero-order valence-electron chi connectivity index (χ0n) is 10.9. The van der Waals surface area contributed by atoms with Gasteiger partial charge in [-0.3, -0.25) is 0 Å². The molecule has 2 rings (SSSR count). The van der Waals surface area contributed by atoms with Crippen molar-refractivity contribution in [2.45, 2.75) is 30.4 Å². The van der Waals surface area contributed by atoms with Crippen LogP contribution >= 0.6 is 11.8 Å². The lowest BCUT2D eigenvalue weighted by atomic mass is 10.3. The lowest BCUT2D eigenvalue weighted by Gasteiger charge is -2.10. The van der Waals surface area contributed by atoms with E-state index in [2.05, 4.69) is 16.3 Å². The maximum atomic E-state index is 12.8. The third-order valence-electron chi connectivity index (χ3n) is 2.36. The minimum absolute atomic E-state index is 0.267. The van der Waals surface area contributed by atoms with Crippen LogP contribution in [0.1, 0.15) is 25.8 Å². The zero-order valence-corrected chi connectivity index (χ0v) is 11.7.